The molecule has 1 amide bonds. The average Bonchev–Trinajstić information content (AvgIpc) is 3.16. The second-order valence-corrected chi connectivity index (χ2v) is 17.3. The van der Waals surface area contributed by atoms with E-state index >= 15 is 0 Å². The molecule has 53 heavy (non-hydrogen) atoms. The third kappa shape index (κ3) is 42.4. The SMILES string of the molecule is CCCCCCCCCCCCCCCCCCCCCCCCCCCCC(=O)NC(CO)C(O)CCCCCCCCCCCCCCCCC. The first kappa shape index (κ1) is 52.4. The number of aliphatic hydroxyl groups excluding tert-OH is 2. The summed E-state index contributed by atoms with van der Waals surface area (Å²) in [6, 6.07) is -0.529. The molecule has 0 heterocycles. The van der Waals surface area contributed by atoms with Crippen molar-refractivity contribution < 1.29 is 15.0 Å². The lowest BCUT2D eigenvalue weighted by atomic mass is 10.0. The van der Waals surface area contributed by atoms with Gasteiger partial charge < -0.3 is 15.5 Å². The molecule has 0 aromatic rings. The van der Waals surface area contributed by atoms with Crippen LogP contribution < -0.4 is 5.32 Å². The van der Waals surface area contributed by atoms with Gasteiger partial charge in [-0.2, -0.15) is 0 Å². The third-order valence-electron chi connectivity index (χ3n) is 11.9. The van der Waals surface area contributed by atoms with Crippen LogP contribution in [0.5, 0.6) is 0 Å². The molecule has 0 rings (SSSR count). The zero-order chi connectivity index (χ0) is 38.6. The fourth-order valence-electron chi connectivity index (χ4n) is 8.07. The van der Waals surface area contributed by atoms with Crippen LogP contribution in [0, 0.1) is 0 Å². The minimum absolute atomic E-state index is 0.0241. The van der Waals surface area contributed by atoms with Gasteiger partial charge >= 0.3 is 0 Å². The number of hydrogen-bond acceptors (Lipinski definition) is 3. The molecule has 3 N–H and O–H groups in total. The lowest BCUT2D eigenvalue weighted by molar-refractivity contribution is -0.123. The summed E-state index contributed by atoms with van der Waals surface area (Å²) in [4.78, 5) is 12.4. The highest BCUT2D eigenvalue weighted by molar-refractivity contribution is 5.76. The van der Waals surface area contributed by atoms with Crippen LogP contribution in [0.2, 0.25) is 0 Å². The van der Waals surface area contributed by atoms with Crippen molar-refractivity contribution in [2.75, 3.05) is 6.61 Å². The van der Waals surface area contributed by atoms with Crippen molar-refractivity contribution in [2.24, 2.45) is 0 Å². The monoisotopic (exact) mass is 750 g/mol. The minimum Gasteiger partial charge on any atom is -0.394 e. The Labute approximate surface area is 334 Å². The largest absolute Gasteiger partial charge is 0.394 e. The number of rotatable bonds is 46. The zero-order valence-electron chi connectivity index (χ0n) is 36.6. The van der Waals surface area contributed by atoms with Crippen molar-refractivity contribution in [1.29, 1.82) is 0 Å². The van der Waals surface area contributed by atoms with Crippen LogP contribution in [-0.2, 0) is 4.79 Å². The van der Waals surface area contributed by atoms with E-state index in [4.69, 9.17) is 0 Å². The Hall–Kier alpha value is -0.610. The number of unbranched alkanes of at least 4 members (excludes halogenated alkanes) is 39. The average molecular weight is 750 g/mol. The molecule has 0 radical (unpaired) electrons. The number of aliphatic hydroxyl groups is 2. The molecule has 0 saturated heterocycles. The summed E-state index contributed by atoms with van der Waals surface area (Å²) < 4.78 is 0. The quantitative estimate of drug-likeness (QED) is 0.0543. The topological polar surface area (TPSA) is 69.6 Å². The van der Waals surface area contributed by atoms with E-state index in [9.17, 15) is 15.0 Å². The summed E-state index contributed by atoms with van der Waals surface area (Å²) in [6.07, 6.45) is 56.3. The molecule has 4 heteroatoms. The van der Waals surface area contributed by atoms with Crippen LogP contribution in [0.25, 0.3) is 0 Å². The maximum absolute atomic E-state index is 12.4. The second-order valence-electron chi connectivity index (χ2n) is 17.3. The van der Waals surface area contributed by atoms with Gasteiger partial charge in [0.1, 0.15) is 0 Å². The molecule has 0 aliphatic carbocycles. The van der Waals surface area contributed by atoms with Gasteiger partial charge in [-0.3, -0.25) is 4.79 Å². The van der Waals surface area contributed by atoms with Crippen LogP contribution in [0.1, 0.15) is 290 Å². The summed E-state index contributed by atoms with van der Waals surface area (Å²) in [5, 5.41) is 23.2. The highest BCUT2D eigenvalue weighted by Crippen LogP contribution is 2.18. The number of nitrogens with one attached hydrogen (secondary N) is 1. The lowest BCUT2D eigenvalue weighted by Gasteiger charge is -2.22. The summed E-state index contributed by atoms with van der Waals surface area (Å²) in [6.45, 7) is 4.39. The Bertz CT molecular complexity index is 685. The van der Waals surface area contributed by atoms with Crippen LogP contribution in [0.3, 0.4) is 0 Å². The number of carbonyl (C=O) groups is 1. The van der Waals surface area contributed by atoms with Gasteiger partial charge in [0.2, 0.25) is 5.91 Å². The van der Waals surface area contributed by atoms with E-state index in [-0.39, 0.29) is 12.5 Å². The zero-order valence-corrected chi connectivity index (χ0v) is 36.6. The number of hydrogen-bond donors (Lipinski definition) is 3. The van der Waals surface area contributed by atoms with Crippen LogP contribution >= 0.6 is 0 Å². The molecular formula is C49H99NO3. The van der Waals surface area contributed by atoms with Crippen molar-refractivity contribution in [3.05, 3.63) is 0 Å². The Balaban J connectivity index is 3.40. The molecule has 318 valence electrons. The smallest absolute Gasteiger partial charge is 0.220 e. The highest BCUT2D eigenvalue weighted by atomic mass is 16.3. The Kier molecular flexibility index (Phi) is 45.3. The maximum Gasteiger partial charge on any atom is 0.220 e. The first-order chi connectivity index (χ1) is 26.2. The second kappa shape index (κ2) is 45.8. The standard InChI is InChI=1S/C49H99NO3/c1-3-5-7-9-11-13-15-17-19-20-21-22-23-24-25-26-27-28-29-31-33-35-37-39-41-43-45-49(53)50-47(46-51)48(52)44-42-40-38-36-34-32-30-18-16-14-12-10-8-6-4-2/h47-48,51-52H,3-46H2,1-2H3,(H,50,53). The predicted octanol–water partition coefficient (Wildman–Crippen LogP) is 15.6. The van der Waals surface area contributed by atoms with Crippen molar-refractivity contribution in [3.8, 4) is 0 Å². The van der Waals surface area contributed by atoms with Crippen molar-refractivity contribution >= 4 is 5.91 Å². The molecule has 0 aliphatic rings. The van der Waals surface area contributed by atoms with E-state index in [0.29, 0.717) is 12.8 Å². The van der Waals surface area contributed by atoms with Gasteiger partial charge in [0, 0.05) is 6.42 Å². The Morgan fingerprint density at radius 1 is 0.377 bits per heavy atom. The number of carbonyl (C=O) groups excluding carboxylic acids is 1. The highest BCUT2D eigenvalue weighted by Gasteiger charge is 2.20. The lowest BCUT2D eigenvalue weighted by Crippen LogP contribution is -2.45. The van der Waals surface area contributed by atoms with Crippen LogP contribution in [0.4, 0.5) is 0 Å². The molecule has 4 nitrogen and oxygen atoms in total. The maximum atomic E-state index is 12.4. The van der Waals surface area contributed by atoms with Crippen molar-refractivity contribution in [2.45, 2.75) is 302 Å². The summed E-state index contributed by atoms with van der Waals surface area (Å²) >= 11 is 0. The molecule has 0 aliphatic heterocycles. The molecule has 2 unspecified atom stereocenters. The fraction of sp³-hybridized carbons (Fsp3) is 0.980. The van der Waals surface area contributed by atoms with Gasteiger partial charge in [-0.25, -0.2) is 0 Å². The fourth-order valence-corrected chi connectivity index (χ4v) is 8.07. The number of amides is 1. The molecular weight excluding hydrogens is 651 g/mol. The van der Waals surface area contributed by atoms with Gasteiger partial charge in [-0.15, -0.1) is 0 Å². The molecule has 0 aromatic heterocycles. The molecule has 0 fully saturated rings. The minimum atomic E-state index is -0.653. The Morgan fingerprint density at radius 2 is 0.604 bits per heavy atom. The van der Waals surface area contributed by atoms with E-state index in [1.54, 1.807) is 0 Å². The Morgan fingerprint density at radius 3 is 0.849 bits per heavy atom. The summed E-state index contributed by atoms with van der Waals surface area (Å²) in [7, 11) is 0. The molecule has 0 bridgehead atoms. The van der Waals surface area contributed by atoms with Crippen molar-refractivity contribution in [3.63, 3.8) is 0 Å². The van der Waals surface area contributed by atoms with Gasteiger partial charge in [0.25, 0.3) is 0 Å². The molecule has 0 saturated carbocycles. The van der Waals surface area contributed by atoms with Gasteiger partial charge in [0.15, 0.2) is 0 Å². The van der Waals surface area contributed by atoms with Gasteiger partial charge in [-0.05, 0) is 12.8 Å². The molecule has 2 atom stereocenters. The predicted molar refractivity (Wildman–Crippen MR) is 235 cm³/mol. The van der Waals surface area contributed by atoms with Gasteiger partial charge in [-0.1, -0.05) is 271 Å². The van der Waals surface area contributed by atoms with Crippen LogP contribution in [0.15, 0.2) is 0 Å². The first-order valence-electron chi connectivity index (χ1n) is 24.7. The van der Waals surface area contributed by atoms with Crippen molar-refractivity contribution in [1.82, 2.24) is 5.32 Å². The molecule has 0 spiro atoms. The molecule has 0 aromatic carbocycles. The summed E-state index contributed by atoms with van der Waals surface area (Å²) in [5.41, 5.74) is 0. The van der Waals surface area contributed by atoms with Gasteiger partial charge in [0.05, 0.1) is 18.8 Å². The first-order valence-corrected chi connectivity index (χ1v) is 24.7. The summed E-state index contributed by atoms with van der Waals surface area (Å²) in [5.74, 6) is -0.0241. The normalized spacial score (nSPS) is 12.8. The van der Waals surface area contributed by atoms with E-state index < -0.39 is 12.1 Å². The van der Waals surface area contributed by atoms with E-state index in [0.717, 1.165) is 25.7 Å². The van der Waals surface area contributed by atoms with E-state index in [1.165, 1.54) is 238 Å². The third-order valence-corrected chi connectivity index (χ3v) is 11.9. The van der Waals surface area contributed by atoms with E-state index in [2.05, 4.69) is 19.2 Å². The van der Waals surface area contributed by atoms with E-state index in [1.807, 2.05) is 0 Å². The van der Waals surface area contributed by atoms with Crippen LogP contribution in [-0.4, -0.2) is 34.9 Å².